The third-order valence-corrected chi connectivity index (χ3v) is 23.1. The number of thiophene rings is 4. The second-order valence-corrected chi connectivity index (χ2v) is 35.0. The van der Waals surface area contributed by atoms with Crippen molar-refractivity contribution in [3.8, 4) is 187 Å². The van der Waals surface area contributed by atoms with Gasteiger partial charge in [0, 0.05) is 136 Å². The van der Waals surface area contributed by atoms with Crippen LogP contribution in [0.15, 0.2) is 170 Å². The Morgan fingerprint density at radius 1 is 0.248 bits per heavy atom. The van der Waals surface area contributed by atoms with Gasteiger partial charge in [-0.25, -0.2) is 0 Å². The van der Waals surface area contributed by atoms with Gasteiger partial charge in [-0.05, 0) is 253 Å². The number of benzene rings is 8. The van der Waals surface area contributed by atoms with Crippen molar-refractivity contribution in [3.05, 3.63) is 181 Å². The van der Waals surface area contributed by atoms with Crippen molar-refractivity contribution in [2.45, 2.75) is 151 Å². The van der Waals surface area contributed by atoms with Crippen molar-refractivity contribution in [3.63, 3.8) is 0 Å². The average molecular weight is 1610 g/mol. The van der Waals surface area contributed by atoms with E-state index in [-0.39, 0.29) is 17.2 Å². The zero-order valence-electron chi connectivity index (χ0n) is 65.7. The molecule has 113 heavy (non-hydrogen) atoms. The minimum atomic E-state index is -0.778. The van der Waals surface area contributed by atoms with Crippen molar-refractivity contribution >= 4 is 45.3 Å². The summed E-state index contributed by atoms with van der Waals surface area (Å²) in [5.41, 5.74) is 9.91. The highest BCUT2D eigenvalue weighted by molar-refractivity contribution is 7.20. The molecule has 0 unspecified atom stereocenters. The van der Waals surface area contributed by atoms with Gasteiger partial charge in [0.15, 0.2) is 104 Å². The summed E-state index contributed by atoms with van der Waals surface area (Å²) in [5.74, 6) is 2.96. The molecular weight excluding hydrogens is 1520 g/mol. The van der Waals surface area contributed by atoms with Crippen molar-refractivity contribution < 1.29 is 97.0 Å². The summed E-state index contributed by atoms with van der Waals surface area (Å²) < 4.78 is 79.8. The van der Waals surface area contributed by atoms with E-state index in [1.165, 1.54) is 55.1 Å². The fourth-order valence-electron chi connectivity index (χ4n) is 12.9. The number of aromatic hydroxyl groups is 6. The van der Waals surface area contributed by atoms with Crippen molar-refractivity contribution in [1.29, 1.82) is 0 Å². The molecule has 4 aromatic heterocycles. The number of aryl methyl sites for hydroxylation is 2. The van der Waals surface area contributed by atoms with E-state index in [9.17, 15) is 30.6 Å². The number of hydrogen-bond donors (Lipinski definition) is 6. The Morgan fingerprint density at radius 3 is 0.814 bits per heavy atom. The van der Waals surface area contributed by atoms with Crippen LogP contribution in [-0.4, -0.2) is 85.4 Å². The van der Waals surface area contributed by atoms with E-state index in [2.05, 4.69) is 80.6 Å². The first-order valence-electron chi connectivity index (χ1n) is 36.3. The Hall–Kier alpha value is -11.1. The van der Waals surface area contributed by atoms with Gasteiger partial charge in [0.25, 0.3) is 0 Å². The molecular formula is C89H88O20S4. The summed E-state index contributed by atoms with van der Waals surface area (Å²) in [4.78, 5) is 8.48. The van der Waals surface area contributed by atoms with E-state index in [1.807, 2.05) is 158 Å². The molecule has 0 amide bonds. The molecule has 6 aliphatic rings. The Bertz CT molecular complexity index is 5190. The van der Waals surface area contributed by atoms with Gasteiger partial charge in [-0.1, -0.05) is 0 Å². The third kappa shape index (κ3) is 17.3. The van der Waals surface area contributed by atoms with Crippen LogP contribution < -0.4 is 56.8 Å². The molecule has 0 bridgehead atoms. The maximum atomic E-state index is 10.4. The number of fused-ring (bicyclic) bond motifs is 6. The monoisotopic (exact) mass is 1600 g/mol. The lowest BCUT2D eigenvalue weighted by molar-refractivity contribution is -0.178. The first-order chi connectivity index (χ1) is 53.1. The molecule has 6 N–H and O–H groups in total. The number of ether oxygens (including phenoxy) is 14. The second-order valence-electron chi connectivity index (χ2n) is 30.7. The normalized spacial score (nSPS) is 16.0. The molecule has 12 aromatic rings. The molecule has 10 heterocycles. The first-order valence-corrected chi connectivity index (χ1v) is 39.6. The molecule has 0 atom stereocenters. The van der Waals surface area contributed by atoms with E-state index < -0.39 is 57.8 Å². The van der Waals surface area contributed by atoms with Crippen molar-refractivity contribution in [2.75, 3.05) is 14.2 Å². The fraction of sp³-hybridized carbons (Fsp3) is 0.281. The van der Waals surface area contributed by atoms with Crippen LogP contribution in [0.2, 0.25) is 0 Å². The molecule has 6 aliphatic heterocycles. The predicted octanol–water partition coefficient (Wildman–Crippen LogP) is 23.2. The number of methoxy groups -OCH3 is 2. The zero-order chi connectivity index (χ0) is 80.8. The minimum absolute atomic E-state index is 0.0818. The Balaban J connectivity index is 0.000000122. The number of rotatable bonds is 10. The van der Waals surface area contributed by atoms with Crippen LogP contribution >= 0.6 is 45.3 Å². The van der Waals surface area contributed by atoms with Crippen molar-refractivity contribution in [2.24, 2.45) is 0 Å². The molecule has 18 rings (SSSR count). The molecule has 20 nitrogen and oxygen atoms in total. The maximum absolute atomic E-state index is 10.4. The third-order valence-electron chi connectivity index (χ3n) is 18.3. The van der Waals surface area contributed by atoms with E-state index >= 15 is 0 Å². The van der Waals surface area contributed by atoms with Crippen molar-refractivity contribution in [1.82, 2.24) is 0 Å². The van der Waals surface area contributed by atoms with Gasteiger partial charge in [-0.3, -0.25) is 0 Å². The quantitative estimate of drug-likeness (QED) is 0.0550. The van der Waals surface area contributed by atoms with Gasteiger partial charge >= 0.3 is 0 Å². The summed E-state index contributed by atoms with van der Waals surface area (Å²) in [6.45, 7) is 30.6. The molecule has 588 valence electrons. The largest absolute Gasteiger partial charge is 0.504 e. The van der Waals surface area contributed by atoms with Gasteiger partial charge in [0.2, 0.25) is 40.5 Å². The van der Waals surface area contributed by atoms with Crippen LogP contribution in [0.25, 0.3) is 83.5 Å². The topological polar surface area (TPSA) is 251 Å². The first kappa shape index (κ1) is 78.6. The SMILES string of the molecule is CC1(C)Oc2ccc(-c3ccc(-c4cc(O)c5c(c4)OC(C)(C)O5)s3)cc2O1.COC(C)(C)OC.Cc1cc(-c2ccc(-c3ccc4c(c3)OC(C)(C)O4)s2)cc2c1OC(C)(C)O2.Cc1cc(-c2ccc(-c3ccc4c(c3)OC(C)(C)O4)s2)cc2c1OC(C)(C)O2.Oc1ccc(-c2ccc(-c3cc(O)c(O)c(O)c3)s2)cc1O. The molecule has 0 spiro atoms. The van der Waals surface area contributed by atoms with Crippen LogP contribution in [0.1, 0.15) is 108 Å². The van der Waals surface area contributed by atoms with E-state index in [0.717, 1.165) is 127 Å². The van der Waals surface area contributed by atoms with Crippen LogP contribution in [0.3, 0.4) is 0 Å². The summed E-state index contributed by atoms with van der Waals surface area (Å²) in [6.07, 6.45) is 0. The summed E-state index contributed by atoms with van der Waals surface area (Å²) in [7, 11) is 3.23. The van der Waals surface area contributed by atoms with Gasteiger partial charge in [0.05, 0.1) is 0 Å². The molecule has 0 saturated carbocycles. The molecule has 0 fully saturated rings. The van der Waals surface area contributed by atoms with Gasteiger partial charge < -0.3 is 97.0 Å². The van der Waals surface area contributed by atoms with Crippen LogP contribution in [0.5, 0.6) is 103 Å². The Kier molecular flexibility index (Phi) is 20.5. The molecule has 0 aliphatic carbocycles. The van der Waals surface area contributed by atoms with Crippen LogP contribution in [-0.2, 0) is 9.47 Å². The summed E-state index contributed by atoms with van der Waals surface area (Å²) >= 11 is 6.51. The Morgan fingerprint density at radius 2 is 0.487 bits per heavy atom. The van der Waals surface area contributed by atoms with Crippen LogP contribution in [0.4, 0.5) is 0 Å². The Labute approximate surface area is 671 Å². The molecule has 24 heteroatoms. The summed E-state index contributed by atoms with van der Waals surface area (Å²) in [6, 6.07) is 53.8. The molecule has 8 aromatic carbocycles. The zero-order valence-corrected chi connectivity index (χ0v) is 69.0. The lowest BCUT2D eigenvalue weighted by atomic mass is 10.1. The molecule has 0 saturated heterocycles. The van der Waals surface area contributed by atoms with Gasteiger partial charge in [-0.2, -0.15) is 0 Å². The number of phenols is 6. The van der Waals surface area contributed by atoms with Gasteiger partial charge in [-0.15, -0.1) is 45.3 Å². The highest BCUT2D eigenvalue weighted by Crippen LogP contribution is 2.54. The highest BCUT2D eigenvalue weighted by Gasteiger charge is 2.39. The summed E-state index contributed by atoms with van der Waals surface area (Å²) in [5, 5.41) is 57.7. The van der Waals surface area contributed by atoms with E-state index in [4.69, 9.17) is 66.3 Å². The predicted molar refractivity (Wildman–Crippen MR) is 440 cm³/mol. The van der Waals surface area contributed by atoms with E-state index in [1.54, 1.807) is 66.4 Å². The van der Waals surface area contributed by atoms with E-state index in [0.29, 0.717) is 17.1 Å². The second kappa shape index (κ2) is 29.4. The highest BCUT2D eigenvalue weighted by atomic mass is 32.1. The standard InChI is InChI=1S/2C23H22O4S.C22H20O5S.C16H12O5S.C5H12O2/c2*1-13-10-15(12-18-21(13)27-23(4,5)26-18)20-9-8-19(28-20)14-6-7-16-17(11-14)25-22(2,3)24-16;1-21(2)24-15-6-5-12(10-16(15)25-21)18-7-8-19(28-18)13-9-14(23)20-17(11-13)26-22(3,4)27-20;17-10-2-1-8(5-11(10)18)14-3-4-15(22-14)9-6-12(19)16(21)13(20)7-9;1-5(2,6-3)7-4/h2*6-12H,1-5H3;5-11,23H,1-4H3;1-7,17-21H;1-4H3. The number of phenolic OH excluding ortho intramolecular Hbond substituents is 6. The minimum Gasteiger partial charge on any atom is -0.504 e. The number of hydrogen-bond acceptors (Lipinski definition) is 24. The smallest absolute Gasteiger partial charge is 0.246 e. The lowest BCUT2D eigenvalue weighted by Crippen LogP contribution is -2.29. The molecule has 0 radical (unpaired) electrons. The maximum Gasteiger partial charge on any atom is 0.246 e. The fourth-order valence-corrected chi connectivity index (χ4v) is 16.9. The average Bonchev–Trinajstić information content (AvgIpc) is 1.63. The van der Waals surface area contributed by atoms with Crippen LogP contribution in [0, 0.1) is 13.8 Å². The van der Waals surface area contributed by atoms with Gasteiger partial charge in [0.1, 0.15) is 0 Å². The lowest BCUT2D eigenvalue weighted by Gasteiger charge is -2.19.